The number of nitrogens with one attached hydrogen (secondary N) is 2. The highest BCUT2D eigenvalue weighted by molar-refractivity contribution is 5.68. The van der Waals surface area contributed by atoms with Crippen LogP contribution in [0.3, 0.4) is 0 Å². The van der Waals surface area contributed by atoms with Gasteiger partial charge in [-0.3, -0.25) is 9.78 Å². The highest BCUT2D eigenvalue weighted by atomic mass is 19.1. The molecule has 0 bridgehead atoms. The number of aromatic amines is 1. The van der Waals surface area contributed by atoms with Gasteiger partial charge in [-0.25, -0.2) is 13.8 Å². The van der Waals surface area contributed by atoms with Gasteiger partial charge in [0.25, 0.3) is 5.56 Å². The van der Waals surface area contributed by atoms with E-state index in [4.69, 9.17) is 4.74 Å². The maximum absolute atomic E-state index is 13.8. The summed E-state index contributed by atoms with van der Waals surface area (Å²) < 4.78 is 31.9. The van der Waals surface area contributed by atoms with Crippen molar-refractivity contribution in [3.8, 4) is 23.1 Å². The number of benzene rings is 2. The third-order valence-electron chi connectivity index (χ3n) is 3.58. The smallest absolute Gasteiger partial charge is 0.270 e. The number of hydrogen-bond donors (Lipinski definition) is 2. The second-order valence-electron chi connectivity index (χ2n) is 5.23. The van der Waals surface area contributed by atoms with E-state index in [1.54, 1.807) is 24.3 Å². The summed E-state index contributed by atoms with van der Waals surface area (Å²) in [4.78, 5) is 18.7. The summed E-state index contributed by atoms with van der Waals surface area (Å²) in [6.45, 7) is 0. The van der Waals surface area contributed by atoms with Gasteiger partial charge in [-0.05, 0) is 36.4 Å². The minimum Gasteiger partial charge on any atom is -0.497 e. The predicted octanol–water partition coefficient (Wildman–Crippen LogP) is 3.34. The molecular formula is C18H12F2N4O2. The van der Waals surface area contributed by atoms with Crippen LogP contribution in [0.15, 0.2) is 47.3 Å². The fourth-order valence-electron chi connectivity index (χ4n) is 2.31. The van der Waals surface area contributed by atoms with E-state index in [9.17, 15) is 18.8 Å². The van der Waals surface area contributed by atoms with Crippen molar-refractivity contribution < 1.29 is 13.5 Å². The Bertz CT molecular complexity index is 1060. The summed E-state index contributed by atoms with van der Waals surface area (Å²) in [7, 11) is 1.51. The zero-order chi connectivity index (χ0) is 18.7. The monoisotopic (exact) mass is 354 g/mol. The molecule has 0 saturated carbocycles. The van der Waals surface area contributed by atoms with Crippen molar-refractivity contribution in [1.29, 1.82) is 5.26 Å². The van der Waals surface area contributed by atoms with Gasteiger partial charge in [0.05, 0.1) is 18.5 Å². The first kappa shape index (κ1) is 17.1. The summed E-state index contributed by atoms with van der Waals surface area (Å²) >= 11 is 0. The summed E-state index contributed by atoms with van der Waals surface area (Å²) in [5.41, 5.74) is -0.293. The van der Waals surface area contributed by atoms with Gasteiger partial charge in [0.15, 0.2) is 0 Å². The van der Waals surface area contributed by atoms with Gasteiger partial charge in [-0.1, -0.05) is 0 Å². The lowest BCUT2D eigenvalue weighted by Gasteiger charge is -2.10. The zero-order valence-electron chi connectivity index (χ0n) is 13.5. The molecule has 0 spiro atoms. The normalized spacial score (nSPS) is 10.2. The van der Waals surface area contributed by atoms with Gasteiger partial charge >= 0.3 is 0 Å². The Hall–Kier alpha value is -3.73. The minimum absolute atomic E-state index is 0.0695. The molecule has 0 aliphatic carbocycles. The van der Waals surface area contributed by atoms with Crippen LogP contribution in [0.25, 0.3) is 11.3 Å². The molecule has 3 aromatic rings. The summed E-state index contributed by atoms with van der Waals surface area (Å²) in [6.07, 6.45) is 0. The first-order chi connectivity index (χ1) is 12.5. The lowest BCUT2D eigenvalue weighted by atomic mass is 10.1. The van der Waals surface area contributed by atoms with Crippen LogP contribution in [-0.2, 0) is 0 Å². The van der Waals surface area contributed by atoms with E-state index in [1.165, 1.54) is 13.2 Å². The molecule has 0 atom stereocenters. The highest BCUT2D eigenvalue weighted by Gasteiger charge is 2.14. The van der Waals surface area contributed by atoms with Gasteiger partial charge in [0, 0.05) is 11.6 Å². The molecule has 0 saturated heterocycles. The van der Waals surface area contributed by atoms with Crippen molar-refractivity contribution in [2.45, 2.75) is 0 Å². The van der Waals surface area contributed by atoms with Crippen LogP contribution < -0.4 is 15.6 Å². The molecule has 1 heterocycles. The molecule has 0 aliphatic heterocycles. The summed E-state index contributed by atoms with van der Waals surface area (Å²) in [6, 6.07) is 11.4. The van der Waals surface area contributed by atoms with Crippen molar-refractivity contribution in [3.63, 3.8) is 0 Å². The number of hydrogen-bond acceptors (Lipinski definition) is 5. The minimum atomic E-state index is -0.844. The Labute approximate surface area is 146 Å². The van der Waals surface area contributed by atoms with E-state index in [0.29, 0.717) is 17.4 Å². The van der Waals surface area contributed by atoms with Crippen molar-refractivity contribution in [2.24, 2.45) is 0 Å². The van der Waals surface area contributed by atoms with Crippen LogP contribution in [0.4, 0.5) is 20.4 Å². The molecule has 3 rings (SSSR count). The molecule has 1 aromatic heterocycles. The first-order valence-corrected chi connectivity index (χ1v) is 7.42. The van der Waals surface area contributed by atoms with Crippen LogP contribution in [-0.4, -0.2) is 17.1 Å². The SMILES string of the molecule is COc1ccc(-c2nc(Nc3ccc(F)cc3F)[nH]c(=O)c2C#N)cc1. The molecule has 26 heavy (non-hydrogen) atoms. The number of nitriles is 1. The Morgan fingerprint density at radius 1 is 1.19 bits per heavy atom. The lowest BCUT2D eigenvalue weighted by Crippen LogP contribution is -2.16. The van der Waals surface area contributed by atoms with Gasteiger partial charge in [0.1, 0.15) is 29.0 Å². The molecule has 6 nitrogen and oxygen atoms in total. The molecule has 0 amide bonds. The molecule has 0 unspecified atom stereocenters. The molecule has 130 valence electrons. The third kappa shape index (κ3) is 3.37. The third-order valence-corrected chi connectivity index (χ3v) is 3.58. The number of aromatic nitrogens is 2. The summed E-state index contributed by atoms with van der Waals surface area (Å²) in [5, 5.41) is 11.8. The predicted molar refractivity (Wildman–Crippen MR) is 91.2 cm³/mol. The fourth-order valence-corrected chi connectivity index (χ4v) is 2.31. The Balaban J connectivity index is 2.06. The van der Waals surface area contributed by atoms with Gasteiger partial charge in [-0.15, -0.1) is 0 Å². The number of H-pyrrole nitrogens is 1. The summed E-state index contributed by atoms with van der Waals surface area (Å²) in [5.74, 6) is -1.05. The van der Waals surface area contributed by atoms with Crippen molar-refractivity contribution >= 4 is 11.6 Å². The standard InChI is InChI=1S/C18H12F2N4O2/c1-26-12-5-2-10(3-6-12)16-13(9-21)17(25)24-18(23-16)22-15-7-4-11(19)8-14(15)20/h2-8H,1H3,(H2,22,23,24,25). The second kappa shape index (κ2) is 7.03. The van der Waals surface area contributed by atoms with E-state index >= 15 is 0 Å². The lowest BCUT2D eigenvalue weighted by molar-refractivity contribution is 0.415. The molecule has 0 radical (unpaired) electrons. The second-order valence-corrected chi connectivity index (χ2v) is 5.23. The first-order valence-electron chi connectivity index (χ1n) is 7.42. The molecule has 8 heteroatoms. The highest BCUT2D eigenvalue weighted by Crippen LogP contribution is 2.24. The Kier molecular flexibility index (Phi) is 4.62. The van der Waals surface area contributed by atoms with E-state index in [2.05, 4.69) is 15.3 Å². The van der Waals surface area contributed by atoms with Crippen LogP contribution in [0.5, 0.6) is 5.75 Å². The Morgan fingerprint density at radius 3 is 2.54 bits per heavy atom. The molecule has 2 aromatic carbocycles. The zero-order valence-corrected chi connectivity index (χ0v) is 13.5. The van der Waals surface area contributed by atoms with Crippen molar-refractivity contribution in [1.82, 2.24) is 9.97 Å². The number of halogens is 2. The van der Waals surface area contributed by atoms with Gasteiger partial charge in [0.2, 0.25) is 5.95 Å². The molecular weight excluding hydrogens is 342 g/mol. The van der Waals surface area contributed by atoms with Crippen LogP contribution >= 0.6 is 0 Å². The van der Waals surface area contributed by atoms with Crippen molar-refractivity contribution in [3.05, 3.63) is 70.0 Å². The largest absolute Gasteiger partial charge is 0.497 e. The van der Waals surface area contributed by atoms with E-state index in [1.807, 2.05) is 6.07 Å². The van der Waals surface area contributed by atoms with E-state index < -0.39 is 17.2 Å². The number of nitrogens with zero attached hydrogens (tertiary/aromatic N) is 2. The quantitative estimate of drug-likeness (QED) is 0.750. The molecule has 0 fully saturated rings. The average molecular weight is 354 g/mol. The van der Waals surface area contributed by atoms with Crippen molar-refractivity contribution in [2.75, 3.05) is 12.4 Å². The average Bonchev–Trinajstić information content (AvgIpc) is 2.64. The van der Waals surface area contributed by atoms with E-state index in [-0.39, 0.29) is 22.9 Å². The van der Waals surface area contributed by atoms with E-state index in [0.717, 1.165) is 6.07 Å². The van der Waals surface area contributed by atoms with Crippen LogP contribution in [0.2, 0.25) is 0 Å². The number of anilines is 2. The topological polar surface area (TPSA) is 90.8 Å². The molecule has 2 N–H and O–H groups in total. The number of methoxy groups -OCH3 is 1. The number of ether oxygens (including phenoxy) is 1. The maximum Gasteiger partial charge on any atom is 0.270 e. The fraction of sp³-hybridized carbons (Fsp3) is 0.0556. The van der Waals surface area contributed by atoms with Gasteiger partial charge in [-0.2, -0.15) is 5.26 Å². The Morgan fingerprint density at radius 2 is 1.92 bits per heavy atom. The maximum atomic E-state index is 13.8. The van der Waals surface area contributed by atoms with Gasteiger partial charge < -0.3 is 10.1 Å². The van der Waals surface area contributed by atoms with Crippen LogP contribution in [0, 0.1) is 23.0 Å². The number of rotatable bonds is 4. The van der Waals surface area contributed by atoms with Crippen LogP contribution in [0.1, 0.15) is 5.56 Å². The molecule has 0 aliphatic rings.